The summed E-state index contributed by atoms with van der Waals surface area (Å²) in [6, 6.07) is 7.49. The molecule has 1 amide bonds. The number of carbonyl (C=O) groups is 1. The molecule has 1 aliphatic heterocycles. The summed E-state index contributed by atoms with van der Waals surface area (Å²) in [5.74, 6) is -0.278. The normalized spacial score (nSPS) is 24.7. The molecule has 0 N–H and O–H groups in total. The van der Waals surface area contributed by atoms with Crippen LogP contribution in [0.25, 0.3) is 0 Å². The Morgan fingerprint density at radius 1 is 1.03 bits per heavy atom. The Morgan fingerprint density at radius 3 is 2.31 bits per heavy atom. The quantitative estimate of drug-likeness (QED) is 0.763. The minimum atomic E-state index is -4.74. The van der Waals surface area contributed by atoms with Crippen molar-refractivity contribution in [2.45, 2.75) is 44.6 Å². The summed E-state index contributed by atoms with van der Waals surface area (Å²) in [5, 5.41) is 0. The van der Waals surface area contributed by atoms with Crippen molar-refractivity contribution < 1.29 is 27.4 Å². The topological polar surface area (TPSA) is 64.6 Å². The van der Waals surface area contributed by atoms with Gasteiger partial charge in [-0.1, -0.05) is 0 Å². The van der Waals surface area contributed by atoms with E-state index in [-0.39, 0.29) is 17.8 Å². The molecule has 9 heteroatoms. The van der Waals surface area contributed by atoms with Gasteiger partial charge in [0, 0.05) is 24.6 Å². The lowest BCUT2D eigenvalue weighted by atomic mass is 9.72. The zero-order chi connectivity index (χ0) is 20.5. The summed E-state index contributed by atoms with van der Waals surface area (Å²) in [6.45, 7) is 0.547. The lowest BCUT2D eigenvalue weighted by molar-refractivity contribution is -0.274. The molecule has 2 heterocycles. The SMILES string of the molecule is O=C1N(c2ccc(OC(F)(F)F)cc2)CC[C@]12CC[C@H](Oc1ncccn1)CC2. The van der Waals surface area contributed by atoms with Gasteiger partial charge in [0.25, 0.3) is 0 Å². The number of benzene rings is 1. The van der Waals surface area contributed by atoms with Crippen LogP contribution in [0.3, 0.4) is 0 Å². The van der Waals surface area contributed by atoms with E-state index in [1.807, 2.05) is 0 Å². The number of halogens is 3. The molecule has 0 bridgehead atoms. The second kappa shape index (κ2) is 7.53. The summed E-state index contributed by atoms with van der Waals surface area (Å²) in [5.41, 5.74) is 0.149. The fourth-order valence-corrected chi connectivity index (χ4v) is 4.12. The van der Waals surface area contributed by atoms with Gasteiger partial charge in [0.15, 0.2) is 0 Å². The minimum absolute atomic E-state index is 0.0244. The molecule has 2 fully saturated rings. The summed E-state index contributed by atoms with van der Waals surface area (Å²) >= 11 is 0. The highest BCUT2D eigenvalue weighted by molar-refractivity contribution is 6.00. The van der Waals surface area contributed by atoms with Crippen LogP contribution in [0.5, 0.6) is 11.8 Å². The summed E-state index contributed by atoms with van der Waals surface area (Å²) in [7, 11) is 0. The maximum atomic E-state index is 13.1. The molecule has 1 aromatic carbocycles. The van der Waals surface area contributed by atoms with Crippen LogP contribution in [0.1, 0.15) is 32.1 Å². The second-order valence-corrected chi connectivity index (χ2v) is 7.38. The van der Waals surface area contributed by atoms with E-state index in [1.54, 1.807) is 23.4 Å². The molecule has 1 aliphatic carbocycles. The van der Waals surface area contributed by atoms with E-state index in [1.165, 1.54) is 24.3 Å². The maximum Gasteiger partial charge on any atom is 0.573 e. The van der Waals surface area contributed by atoms with Gasteiger partial charge in [-0.15, -0.1) is 13.2 Å². The number of ether oxygens (including phenoxy) is 2. The molecule has 29 heavy (non-hydrogen) atoms. The molecule has 154 valence electrons. The van der Waals surface area contributed by atoms with Crippen LogP contribution in [0.4, 0.5) is 18.9 Å². The molecule has 1 saturated carbocycles. The zero-order valence-electron chi connectivity index (χ0n) is 15.6. The predicted molar refractivity (Wildman–Crippen MR) is 97.4 cm³/mol. The Kier molecular flexibility index (Phi) is 5.06. The highest BCUT2D eigenvalue weighted by Gasteiger charge is 2.49. The Morgan fingerprint density at radius 2 is 1.69 bits per heavy atom. The van der Waals surface area contributed by atoms with Gasteiger partial charge in [-0.05, 0) is 62.4 Å². The lowest BCUT2D eigenvalue weighted by Gasteiger charge is -2.35. The van der Waals surface area contributed by atoms with Crippen molar-refractivity contribution in [1.82, 2.24) is 9.97 Å². The summed E-state index contributed by atoms with van der Waals surface area (Å²) in [4.78, 5) is 22.9. The van der Waals surface area contributed by atoms with Gasteiger partial charge < -0.3 is 14.4 Å². The average Bonchev–Trinajstić information content (AvgIpc) is 3.00. The number of carbonyl (C=O) groups excluding carboxylic acids is 1. The van der Waals surface area contributed by atoms with Crippen LogP contribution < -0.4 is 14.4 Å². The van der Waals surface area contributed by atoms with E-state index in [9.17, 15) is 18.0 Å². The molecular formula is C20H20F3N3O3. The first-order valence-corrected chi connectivity index (χ1v) is 9.46. The van der Waals surface area contributed by atoms with Crippen molar-refractivity contribution in [3.05, 3.63) is 42.7 Å². The van der Waals surface area contributed by atoms with E-state index in [4.69, 9.17) is 4.74 Å². The van der Waals surface area contributed by atoms with Crippen molar-refractivity contribution in [1.29, 1.82) is 0 Å². The molecule has 1 saturated heterocycles. The molecule has 0 radical (unpaired) electrons. The average molecular weight is 407 g/mol. The fourth-order valence-electron chi connectivity index (χ4n) is 4.12. The molecule has 1 spiro atoms. The lowest BCUT2D eigenvalue weighted by Crippen LogP contribution is -2.39. The van der Waals surface area contributed by atoms with Gasteiger partial charge in [-0.2, -0.15) is 0 Å². The van der Waals surface area contributed by atoms with E-state index in [0.717, 1.165) is 19.3 Å². The van der Waals surface area contributed by atoms with Crippen LogP contribution in [-0.2, 0) is 4.79 Å². The Labute approximate surface area is 165 Å². The second-order valence-electron chi connectivity index (χ2n) is 7.38. The molecule has 2 aliphatic rings. The predicted octanol–water partition coefficient (Wildman–Crippen LogP) is 4.12. The number of rotatable bonds is 4. The monoisotopic (exact) mass is 407 g/mol. The number of alkyl halides is 3. The number of nitrogens with zero attached hydrogens (tertiary/aromatic N) is 3. The van der Waals surface area contributed by atoms with Crippen LogP contribution >= 0.6 is 0 Å². The number of hydrogen-bond acceptors (Lipinski definition) is 5. The smallest absolute Gasteiger partial charge is 0.460 e. The van der Waals surface area contributed by atoms with Crippen LogP contribution in [-0.4, -0.2) is 34.9 Å². The van der Waals surface area contributed by atoms with Crippen molar-refractivity contribution in [3.8, 4) is 11.8 Å². The minimum Gasteiger partial charge on any atom is -0.460 e. The third-order valence-corrected chi connectivity index (χ3v) is 5.60. The molecular weight excluding hydrogens is 387 g/mol. The van der Waals surface area contributed by atoms with Crippen molar-refractivity contribution in [2.24, 2.45) is 5.41 Å². The maximum absolute atomic E-state index is 13.1. The van der Waals surface area contributed by atoms with Gasteiger partial charge in [-0.25, -0.2) is 9.97 Å². The van der Waals surface area contributed by atoms with Crippen molar-refractivity contribution in [2.75, 3.05) is 11.4 Å². The largest absolute Gasteiger partial charge is 0.573 e. The standard InChI is InChI=1S/C20H20F3N3O3/c21-20(22,23)29-16-4-2-14(3-5-16)26-13-10-19(17(26)27)8-6-15(7-9-19)28-18-24-11-1-12-25-18/h1-5,11-12,15H,6-10,13H2/t15-,19+. The number of hydrogen-bond donors (Lipinski definition) is 0. The third kappa shape index (κ3) is 4.28. The van der Waals surface area contributed by atoms with Gasteiger partial charge in [0.05, 0.1) is 5.41 Å². The first-order chi connectivity index (χ1) is 13.8. The zero-order valence-corrected chi connectivity index (χ0v) is 15.6. The number of anilines is 1. The highest BCUT2D eigenvalue weighted by Crippen LogP contribution is 2.46. The van der Waals surface area contributed by atoms with E-state index < -0.39 is 11.8 Å². The van der Waals surface area contributed by atoms with Crippen molar-refractivity contribution >= 4 is 11.6 Å². The summed E-state index contributed by atoms with van der Waals surface area (Å²) in [6.07, 6.45) is 2.08. The molecule has 2 aromatic rings. The van der Waals surface area contributed by atoms with Crippen LogP contribution in [0.2, 0.25) is 0 Å². The molecule has 0 unspecified atom stereocenters. The Bertz CT molecular complexity index is 851. The number of aromatic nitrogens is 2. The van der Waals surface area contributed by atoms with Gasteiger partial charge >= 0.3 is 12.4 Å². The fraction of sp³-hybridized carbons (Fsp3) is 0.450. The molecule has 6 nitrogen and oxygen atoms in total. The molecule has 4 rings (SSSR count). The van der Waals surface area contributed by atoms with Gasteiger partial charge in [0.1, 0.15) is 11.9 Å². The highest BCUT2D eigenvalue weighted by atomic mass is 19.4. The van der Waals surface area contributed by atoms with Crippen LogP contribution in [0, 0.1) is 5.41 Å². The molecule has 0 atom stereocenters. The van der Waals surface area contributed by atoms with Crippen molar-refractivity contribution in [3.63, 3.8) is 0 Å². The first-order valence-electron chi connectivity index (χ1n) is 9.46. The van der Waals surface area contributed by atoms with E-state index in [2.05, 4.69) is 14.7 Å². The van der Waals surface area contributed by atoms with Crippen LogP contribution in [0.15, 0.2) is 42.7 Å². The first kappa shape index (κ1) is 19.5. The van der Waals surface area contributed by atoms with Gasteiger partial charge in [0.2, 0.25) is 5.91 Å². The summed E-state index contributed by atoms with van der Waals surface area (Å²) < 4.78 is 46.6. The third-order valence-electron chi connectivity index (χ3n) is 5.60. The molecule has 1 aromatic heterocycles. The van der Waals surface area contributed by atoms with E-state index >= 15 is 0 Å². The van der Waals surface area contributed by atoms with E-state index in [0.29, 0.717) is 31.1 Å². The Hall–Kier alpha value is -2.84. The van der Waals surface area contributed by atoms with Gasteiger partial charge in [-0.3, -0.25) is 4.79 Å². The Balaban J connectivity index is 1.38. The number of amides is 1.